The third kappa shape index (κ3) is 1.83. The van der Waals surface area contributed by atoms with Crippen LogP contribution in [0.1, 0.15) is 0 Å². The fraction of sp³-hybridized carbons (Fsp3) is 0.750. The molecule has 6 heteroatoms. The van der Waals surface area contributed by atoms with Gasteiger partial charge in [-0.05, 0) is 11.6 Å². The highest BCUT2D eigenvalue weighted by Crippen LogP contribution is 2.20. The molecular formula is C4H7ClN2O2S. The summed E-state index contributed by atoms with van der Waals surface area (Å²) in [5.41, 5.74) is 5.20. The van der Waals surface area contributed by atoms with Crippen LogP contribution in [0.2, 0.25) is 0 Å². The zero-order chi connectivity index (χ0) is 7.56. The smallest absolute Gasteiger partial charge is 0.250 e. The lowest BCUT2D eigenvalue weighted by molar-refractivity contribution is -0.111. The first-order valence-corrected chi connectivity index (χ1v) is 3.95. The van der Waals surface area contributed by atoms with Crippen molar-refractivity contribution in [3.8, 4) is 0 Å². The number of rotatable bonds is 2. The fourth-order valence-electron chi connectivity index (χ4n) is 0.560. The van der Waals surface area contributed by atoms with Crippen LogP contribution in [-0.2, 0) is 9.53 Å². The maximum Gasteiger partial charge on any atom is 0.250 e. The number of halogens is 1. The highest BCUT2D eigenvalue weighted by Gasteiger charge is 2.28. The third-order valence-electron chi connectivity index (χ3n) is 1.01. The van der Waals surface area contributed by atoms with Crippen molar-refractivity contribution in [2.45, 2.75) is 10.9 Å². The van der Waals surface area contributed by atoms with E-state index in [1.165, 1.54) is 11.8 Å². The molecule has 1 aliphatic rings. The summed E-state index contributed by atoms with van der Waals surface area (Å²) in [7, 11) is 1.55. The van der Waals surface area contributed by atoms with Gasteiger partial charge in [0.2, 0.25) is 5.24 Å². The molecule has 10 heavy (non-hydrogen) atoms. The molecular weight excluding hydrogens is 176 g/mol. The number of ether oxygens (including phenoxy) is 1. The van der Waals surface area contributed by atoms with E-state index >= 15 is 0 Å². The van der Waals surface area contributed by atoms with Crippen molar-refractivity contribution >= 4 is 28.6 Å². The van der Waals surface area contributed by atoms with Crippen LogP contribution in [0.15, 0.2) is 0 Å². The SMILES string of the molecule is COC1NNC(C(=O)Cl)S1. The molecule has 0 spiro atoms. The van der Waals surface area contributed by atoms with E-state index in [0.29, 0.717) is 0 Å². The molecule has 0 aromatic carbocycles. The van der Waals surface area contributed by atoms with Crippen LogP contribution >= 0.6 is 23.4 Å². The second-order valence-electron chi connectivity index (χ2n) is 1.68. The normalized spacial score (nSPS) is 32.6. The van der Waals surface area contributed by atoms with Crippen molar-refractivity contribution in [3.63, 3.8) is 0 Å². The average Bonchev–Trinajstić information content (AvgIpc) is 2.34. The third-order valence-corrected chi connectivity index (χ3v) is 2.52. The highest BCUT2D eigenvalue weighted by atomic mass is 35.5. The summed E-state index contributed by atoms with van der Waals surface area (Å²) in [6.45, 7) is 0. The Hall–Kier alpha value is 0.190. The minimum Gasteiger partial charge on any atom is -0.356 e. The molecule has 58 valence electrons. The van der Waals surface area contributed by atoms with E-state index in [1.54, 1.807) is 7.11 Å². The molecule has 2 N–H and O–H groups in total. The van der Waals surface area contributed by atoms with Crippen LogP contribution in [0.3, 0.4) is 0 Å². The topological polar surface area (TPSA) is 50.4 Å². The first kappa shape index (κ1) is 8.29. The first-order valence-electron chi connectivity index (χ1n) is 2.62. The van der Waals surface area contributed by atoms with Crippen LogP contribution in [0.25, 0.3) is 0 Å². The molecule has 1 aliphatic heterocycles. The number of carbonyl (C=O) groups is 1. The fourth-order valence-corrected chi connectivity index (χ4v) is 1.51. The van der Waals surface area contributed by atoms with E-state index in [2.05, 4.69) is 10.9 Å². The number of carbonyl (C=O) groups excluding carboxylic acids is 1. The maximum absolute atomic E-state index is 10.5. The van der Waals surface area contributed by atoms with Crippen LogP contribution in [0.4, 0.5) is 0 Å². The van der Waals surface area contributed by atoms with Crippen molar-refractivity contribution in [2.75, 3.05) is 7.11 Å². The van der Waals surface area contributed by atoms with Crippen molar-refractivity contribution in [3.05, 3.63) is 0 Å². The second-order valence-corrected chi connectivity index (χ2v) is 3.22. The quantitative estimate of drug-likeness (QED) is 0.582. The number of thioether (sulfide) groups is 1. The Kier molecular flexibility index (Phi) is 2.94. The Morgan fingerprint density at radius 1 is 1.70 bits per heavy atom. The minimum absolute atomic E-state index is 0.187. The second kappa shape index (κ2) is 3.54. The molecule has 1 saturated heterocycles. The summed E-state index contributed by atoms with van der Waals surface area (Å²) in [5, 5.41) is -0.816. The molecule has 0 amide bonds. The van der Waals surface area contributed by atoms with Gasteiger partial charge in [0.15, 0.2) is 5.56 Å². The van der Waals surface area contributed by atoms with Gasteiger partial charge in [-0.3, -0.25) is 4.79 Å². The molecule has 0 saturated carbocycles. The predicted octanol–water partition coefficient (Wildman–Crippen LogP) is -0.151. The summed E-state index contributed by atoms with van der Waals surface area (Å²) in [5.74, 6) is 0. The van der Waals surface area contributed by atoms with E-state index < -0.39 is 10.6 Å². The van der Waals surface area contributed by atoms with Gasteiger partial charge in [0.25, 0.3) is 0 Å². The van der Waals surface area contributed by atoms with Gasteiger partial charge in [-0.1, -0.05) is 11.8 Å². The molecule has 1 rings (SSSR count). The number of hydrazine groups is 1. The van der Waals surface area contributed by atoms with Crippen LogP contribution in [-0.4, -0.2) is 23.3 Å². The zero-order valence-corrected chi connectivity index (χ0v) is 6.83. The lowest BCUT2D eigenvalue weighted by atomic mass is 10.7. The van der Waals surface area contributed by atoms with Gasteiger partial charge < -0.3 is 4.74 Å². The molecule has 0 aromatic rings. The van der Waals surface area contributed by atoms with Crippen LogP contribution < -0.4 is 10.9 Å². The van der Waals surface area contributed by atoms with Crippen molar-refractivity contribution in [2.24, 2.45) is 0 Å². The molecule has 0 aliphatic carbocycles. The zero-order valence-electron chi connectivity index (χ0n) is 5.26. The van der Waals surface area contributed by atoms with Crippen LogP contribution in [0, 0.1) is 0 Å². The number of methoxy groups -OCH3 is 1. The molecule has 0 bridgehead atoms. The molecule has 1 heterocycles. The molecule has 4 nitrogen and oxygen atoms in total. The van der Waals surface area contributed by atoms with E-state index in [1.807, 2.05) is 0 Å². The van der Waals surface area contributed by atoms with Crippen molar-refractivity contribution < 1.29 is 9.53 Å². The number of hydrogen-bond acceptors (Lipinski definition) is 5. The van der Waals surface area contributed by atoms with E-state index in [0.717, 1.165) is 0 Å². The summed E-state index contributed by atoms with van der Waals surface area (Å²) in [6, 6.07) is 0. The first-order chi connectivity index (χ1) is 4.74. The molecule has 0 aromatic heterocycles. The maximum atomic E-state index is 10.5. The highest BCUT2D eigenvalue weighted by molar-refractivity contribution is 8.01. The molecule has 1 fully saturated rings. The predicted molar refractivity (Wildman–Crippen MR) is 39.3 cm³/mol. The van der Waals surface area contributed by atoms with Gasteiger partial charge in [0.05, 0.1) is 0 Å². The van der Waals surface area contributed by atoms with Gasteiger partial charge in [-0.15, -0.1) is 0 Å². The van der Waals surface area contributed by atoms with Crippen LogP contribution in [0.5, 0.6) is 0 Å². The number of nitrogens with one attached hydrogen (secondary N) is 2. The van der Waals surface area contributed by atoms with Crippen molar-refractivity contribution in [1.29, 1.82) is 0 Å². The molecule has 2 unspecified atom stereocenters. The minimum atomic E-state index is -0.419. The van der Waals surface area contributed by atoms with Gasteiger partial charge in [-0.25, -0.2) is 10.9 Å². The Labute approximate surface area is 67.6 Å². The summed E-state index contributed by atoms with van der Waals surface area (Å²) in [6.07, 6.45) is 0. The van der Waals surface area contributed by atoms with Gasteiger partial charge in [-0.2, -0.15) is 0 Å². The lowest BCUT2D eigenvalue weighted by Gasteiger charge is -2.02. The van der Waals surface area contributed by atoms with Gasteiger partial charge >= 0.3 is 0 Å². The summed E-state index contributed by atoms with van der Waals surface area (Å²) < 4.78 is 4.87. The Bertz CT molecular complexity index is 145. The molecule has 2 atom stereocenters. The van der Waals surface area contributed by atoms with E-state index in [4.69, 9.17) is 16.3 Å². The number of hydrogen-bond donors (Lipinski definition) is 2. The Morgan fingerprint density at radius 3 is 2.70 bits per heavy atom. The van der Waals surface area contributed by atoms with E-state index in [-0.39, 0.29) is 5.56 Å². The van der Waals surface area contributed by atoms with E-state index in [9.17, 15) is 4.79 Å². The van der Waals surface area contributed by atoms with Gasteiger partial charge in [0, 0.05) is 7.11 Å². The molecule has 0 radical (unpaired) electrons. The largest absolute Gasteiger partial charge is 0.356 e. The van der Waals surface area contributed by atoms with Crippen molar-refractivity contribution in [1.82, 2.24) is 10.9 Å². The van der Waals surface area contributed by atoms with Gasteiger partial charge in [0.1, 0.15) is 5.37 Å². The Balaban J connectivity index is 2.35. The Morgan fingerprint density at radius 2 is 2.40 bits per heavy atom. The summed E-state index contributed by atoms with van der Waals surface area (Å²) in [4.78, 5) is 10.5. The lowest BCUT2D eigenvalue weighted by Crippen LogP contribution is -2.36. The average molecular weight is 183 g/mol. The summed E-state index contributed by atoms with van der Waals surface area (Å²) >= 11 is 6.48. The standard InChI is InChI=1S/C4H7ClN2O2S/c1-9-4-7-6-3(10-4)2(5)8/h3-4,6-7H,1H3. The monoisotopic (exact) mass is 182 g/mol.